The van der Waals surface area contributed by atoms with E-state index in [4.69, 9.17) is 10.0 Å². The van der Waals surface area contributed by atoms with Gasteiger partial charge < -0.3 is 10.0 Å². The number of hydrogen-bond donors (Lipinski definition) is 2. The lowest BCUT2D eigenvalue weighted by Gasteiger charge is -2.00. The van der Waals surface area contributed by atoms with Crippen molar-refractivity contribution in [2.75, 3.05) is 0 Å². The Morgan fingerprint density at radius 2 is 2.23 bits per heavy atom. The molecule has 13 heavy (non-hydrogen) atoms. The van der Waals surface area contributed by atoms with Gasteiger partial charge >= 0.3 is 7.12 Å². The first-order chi connectivity index (χ1) is 6.18. The van der Waals surface area contributed by atoms with E-state index in [2.05, 4.69) is 10.1 Å². The van der Waals surface area contributed by atoms with E-state index in [0.29, 0.717) is 0 Å². The number of fused-ring (bicyclic) bond motifs is 1. The zero-order chi connectivity index (χ0) is 9.42. The molecule has 0 radical (unpaired) electrons. The lowest BCUT2D eigenvalue weighted by Crippen LogP contribution is -2.31. The maximum Gasteiger partial charge on any atom is 0.490 e. The van der Waals surface area contributed by atoms with Gasteiger partial charge in [0.1, 0.15) is 6.33 Å². The van der Waals surface area contributed by atoms with Crippen molar-refractivity contribution < 1.29 is 14.4 Å². The molecule has 7 heteroatoms. The fourth-order valence-corrected chi connectivity index (χ4v) is 1.05. The van der Waals surface area contributed by atoms with Gasteiger partial charge in [-0.15, -0.1) is 0 Å². The molecule has 0 aliphatic rings. The summed E-state index contributed by atoms with van der Waals surface area (Å²) in [5.74, 6) is -0.636. The summed E-state index contributed by atoms with van der Waals surface area (Å²) in [6, 6.07) is 1.01. The highest BCUT2D eigenvalue weighted by atomic mass is 19.1. The largest absolute Gasteiger partial charge is 0.490 e. The van der Waals surface area contributed by atoms with Crippen molar-refractivity contribution in [2.24, 2.45) is 0 Å². The molecule has 2 N–H and O–H groups in total. The highest BCUT2D eigenvalue weighted by Crippen LogP contribution is 2.02. The number of nitrogens with zero attached hydrogens (tertiary/aromatic N) is 3. The maximum absolute atomic E-state index is 13.1. The second-order valence-electron chi connectivity index (χ2n) is 2.52. The molecule has 2 heterocycles. The number of aromatic nitrogens is 3. The number of pyridine rings is 1. The third-order valence-electron chi connectivity index (χ3n) is 1.65. The predicted molar refractivity (Wildman–Crippen MR) is 42.8 cm³/mol. The summed E-state index contributed by atoms with van der Waals surface area (Å²) < 4.78 is 14.2. The Balaban J connectivity index is 2.70. The lowest BCUT2D eigenvalue weighted by molar-refractivity contribution is 0.425. The molecule has 5 nitrogen and oxygen atoms in total. The van der Waals surface area contributed by atoms with E-state index in [-0.39, 0.29) is 11.1 Å². The van der Waals surface area contributed by atoms with Crippen LogP contribution in [0.5, 0.6) is 0 Å². The molecule has 2 rings (SSSR count). The predicted octanol–water partition coefficient (Wildman–Crippen LogP) is -1.45. The van der Waals surface area contributed by atoms with E-state index in [9.17, 15) is 4.39 Å². The summed E-state index contributed by atoms with van der Waals surface area (Å²) in [6.07, 6.45) is 2.49. The fourth-order valence-electron chi connectivity index (χ4n) is 1.05. The molecule has 66 valence electrons. The Labute approximate surface area is 72.6 Å². The van der Waals surface area contributed by atoms with E-state index in [1.165, 1.54) is 12.5 Å². The molecule has 0 saturated heterocycles. The first-order valence-corrected chi connectivity index (χ1v) is 3.53. The molecule has 0 aliphatic heterocycles. The van der Waals surface area contributed by atoms with Crippen LogP contribution in [0.2, 0.25) is 0 Å². The van der Waals surface area contributed by atoms with Crippen LogP contribution in [-0.2, 0) is 0 Å². The van der Waals surface area contributed by atoms with Crippen molar-refractivity contribution in [1.82, 2.24) is 14.6 Å². The number of hydrogen-bond acceptors (Lipinski definition) is 4. The van der Waals surface area contributed by atoms with E-state index >= 15 is 0 Å². The normalized spacial score (nSPS) is 10.7. The van der Waals surface area contributed by atoms with Crippen LogP contribution in [0.1, 0.15) is 0 Å². The third kappa shape index (κ3) is 1.27. The molecular weight excluding hydrogens is 176 g/mol. The summed E-state index contributed by atoms with van der Waals surface area (Å²) >= 11 is 0. The number of rotatable bonds is 1. The smallest absolute Gasteiger partial charge is 0.423 e. The minimum absolute atomic E-state index is 0.0375. The van der Waals surface area contributed by atoms with Crippen molar-refractivity contribution in [2.45, 2.75) is 0 Å². The van der Waals surface area contributed by atoms with Gasteiger partial charge in [-0.3, -0.25) is 0 Å². The highest BCUT2D eigenvalue weighted by molar-refractivity contribution is 6.58. The van der Waals surface area contributed by atoms with Crippen LogP contribution in [0, 0.1) is 5.82 Å². The van der Waals surface area contributed by atoms with E-state index in [0.717, 1.165) is 10.6 Å². The Kier molecular flexibility index (Phi) is 1.75. The quantitative estimate of drug-likeness (QED) is 0.528. The SMILES string of the molecule is OB(O)c1cc(F)c2ncnn2c1. The van der Waals surface area contributed by atoms with Gasteiger partial charge in [-0.1, -0.05) is 0 Å². The molecule has 0 unspecified atom stereocenters. The molecule has 0 bridgehead atoms. The van der Waals surface area contributed by atoms with Gasteiger partial charge in [0.2, 0.25) is 0 Å². The van der Waals surface area contributed by atoms with E-state index in [1.54, 1.807) is 0 Å². The average Bonchev–Trinajstić information content (AvgIpc) is 2.51. The third-order valence-corrected chi connectivity index (χ3v) is 1.65. The van der Waals surface area contributed by atoms with E-state index < -0.39 is 12.9 Å². The van der Waals surface area contributed by atoms with Crippen LogP contribution in [0.25, 0.3) is 5.65 Å². The first-order valence-electron chi connectivity index (χ1n) is 3.53. The van der Waals surface area contributed by atoms with Crippen molar-refractivity contribution in [1.29, 1.82) is 0 Å². The first kappa shape index (κ1) is 8.15. The topological polar surface area (TPSA) is 70.7 Å². The average molecular weight is 181 g/mol. The van der Waals surface area contributed by atoms with E-state index in [1.807, 2.05) is 0 Å². The van der Waals surface area contributed by atoms with Crippen molar-refractivity contribution in [3.63, 3.8) is 0 Å². The molecule has 0 fully saturated rings. The molecule has 0 saturated carbocycles. The second-order valence-corrected chi connectivity index (χ2v) is 2.52. The van der Waals surface area contributed by atoms with Gasteiger partial charge in [-0.05, 0) is 6.07 Å². The van der Waals surface area contributed by atoms with Crippen LogP contribution in [-0.4, -0.2) is 31.8 Å². The Hall–Kier alpha value is -1.47. The monoisotopic (exact) mass is 181 g/mol. The van der Waals surface area contributed by atoms with Crippen molar-refractivity contribution in [3.05, 3.63) is 24.4 Å². The molecule has 0 aliphatic carbocycles. The second kappa shape index (κ2) is 2.79. The van der Waals surface area contributed by atoms with Gasteiger partial charge in [0.15, 0.2) is 11.5 Å². The van der Waals surface area contributed by atoms with Crippen LogP contribution in [0.15, 0.2) is 18.6 Å². The van der Waals surface area contributed by atoms with Gasteiger partial charge in [0, 0.05) is 11.7 Å². The minimum Gasteiger partial charge on any atom is -0.423 e. The summed E-state index contributed by atoms with van der Waals surface area (Å²) in [5.41, 5.74) is 0.0971. The summed E-state index contributed by atoms with van der Waals surface area (Å²) in [6.45, 7) is 0. The maximum atomic E-state index is 13.1. The summed E-state index contributed by atoms with van der Waals surface area (Å²) in [4.78, 5) is 3.63. The minimum atomic E-state index is -1.71. The summed E-state index contributed by atoms with van der Waals surface area (Å²) in [5, 5.41) is 21.2. The zero-order valence-corrected chi connectivity index (χ0v) is 6.42. The molecular formula is C6H5BFN3O2. The Morgan fingerprint density at radius 3 is 2.92 bits per heavy atom. The van der Waals surface area contributed by atoms with Crippen LogP contribution < -0.4 is 5.46 Å². The fraction of sp³-hybridized carbons (Fsp3) is 0. The molecule has 2 aromatic heterocycles. The zero-order valence-electron chi connectivity index (χ0n) is 6.42. The lowest BCUT2D eigenvalue weighted by atomic mass is 9.82. The van der Waals surface area contributed by atoms with Crippen LogP contribution >= 0.6 is 0 Å². The highest BCUT2D eigenvalue weighted by Gasteiger charge is 2.15. The van der Waals surface area contributed by atoms with Gasteiger partial charge in [0.05, 0.1) is 0 Å². The number of halogens is 1. The molecule has 2 aromatic rings. The van der Waals surface area contributed by atoms with Crippen molar-refractivity contribution >= 4 is 18.2 Å². The van der Waals surface area contributed by atoms with Crippen LogP contribution in [0.4, 0.5) is 4.39 Å². The molecule has 0 amide bonds. The summed E-state index contributed by atoms with van der Waals surface area (Å²) in [7, 11) is -1.71. The molecule has 0 atom stereocenters. The Bertz CT molecular complexity index is 444. The molecule has 0 aromatic carbocycles. The van der Waals surface area contributed by atoms with Crippen LogP contribution in [0.3, 0.4) is 0 Å². The van der Waals surface area contributed by atoms with Gasteiger partial charge in [0.25, 0.3) is 0 Å². The van der Waals surface area contributed by atoms with Gasteiger partial charge in [-0.2, -0.15) is 5.10 Å². The molecule has 0 spiro atoms. The van der Waals surface area contributed by atoms with Crippen molar-refractivity contribution in [3.8, 4) is 0 Å². The standard InChI is InChI=1S/C6H5BFN3O2/c8-5-1-4(7(12)13)2-11-6(5)9-3-10-11/h1-3,12-13H. The van der Waals surface area contributed by atoms with Gasteiger partial charge in [-0.25, -0.2) is 13.9 Å². The Morgan fingerprint density at radius 1 is 1.46 bits per heavy atom.